The average Bonchev–Trinajstić information content (AvgIpc) is 2.96. The van der Waals surface area contributed by atoms with Gasteiger partial charge in [0, 0.05) is 17.1 Å². The summed E-state index contributed by atoms with van der Waals surface area (Å²) in [4.78, 5) is 20.2. The maximum Gasteiger partial charge on any atom is 0.248 e. The van der Waals surface area contributed by atoms with Gasteiger partial charge in [0.1, 0.15) is 5.82 Å². The van der Waals surface area contributed by atoms with Crippen LogP contribution in [0.25, 0.3) is 21.0 Å². The lowest BCUT2D eigenvalue weighted by Gasteiger charge is -2.05. The van der Waals surface area contributed by atoms with Crippen molar-refractivity contribution >= 4 is 49.2 Å². The standard InChI is InChI=1S/C17H12N4OS/c18-15(22)11-5-6-13-14(9-11)23-17(20-13)21-16-12-4-2-1-3-10(12)7-8-19-16/h1-9H,(H2,18,22)(H,19,20,21). The van der Waals surface area contributed by atoms with Gasteiger partial charge in [-0.05, 0) is 29.7 Å². The first-order chi connectivity index (χ1) is 11.2. The van der Waals surface area contributed by atoms with Gasteiger partial charge in [0.05, 0.1) is 10.2 Å². The Balaban J connectivity index is 1.76. The van der Waals surface area contributed by atoms with Crippen molar-refractivity contribution in [3.05, 3.63) is 60.3 Å². The van der Waals surface area contributed by atoms with Crippen LogP contribution in [0.5, 0.6) is 0 Å². The van der Waals surface area contributed by atoms with E-state index in [1.807, 2.05) is 30.3 Å². The predicted octanol–water partition coefficient (Wildman–Crippen LogP) is 3.69. The lowest BCUT2D eigenvalue weighted by molar-refractivity contribution is 0.100. The number of thiazole rings is 1. The number of benzene rings is 2. The predicted molar refractivity (Wildman–Crippen MR) is 93.2 cm³/mol. The van der Waals surface area contributed by atoms with Crippen molar-refractivity contribution in [3.8, 4) is 0 Å². The number of nitrogens with zero attached hydrogens (tertiary/aromatic N) is 2. The zero-order valence-corrected chi connectivity index (χ0v) is 12.8. The van der Waals surface area contributed by atoms with Crippen molar-refractivity contribution in [3.63, 3.8) is 0 Å². The molecule has 4 rings (SSSR count). The van der Waals surface area contributed by atoms with E-state index in [2.05, 4.69) is 15.3 Å². The Morgan fingerprint density at radius 1 is 1.13 bits per heavy atom. The number of nitrogens with one attached hydrogen (secondary N) is 1. The summed E-state index contributed by atoms with van der Waals surface area (Å²) in [5.41, 5.74) is 6.62. The Morgan fingerprint density at radius 3 is 2.87 bits per heavy atom. The van der Waals surface area contributed by atoms with Crippen molar-refractivity contribution in [2.45, 2.75) is 0 Å². The first kappa shape index (κ1) is 13.7. The number of anilines is 2. The highest BCUT2D eigenvalue weighted by Gasteiger charge is 2.09. The number of amides is 1. The lowest BCUT2D eigenvalue weighted by Crippen LogP contribution is -2.10. The van der Waals surface area contributed by atoms with E-state index in [-0.39, 0.29) is 0 Å². The van der Waals surface area contributed by atoms with Gasteiger partial charge in [-0.2, -0.15) is 0 Å². The van der Waals surface area contributed by atoms with Crippen molar-refractivity contribution in [1.82, 2.24) is 9.97 Å². The SMILES string of the molecule is NC(=O)c1ccc2nc(Nc3nccc4ccccc34)sc2c1. The topological polar surface area (TPSA) is 80.9 Å². The Labute approximate surface area is 135 Å². The molecular formula is C17H12N4OS. The van der Waals surface area contributed by atoms with Crippen LogP contribution in [-0.4, -0.2) is 15.9 Å². The molecule has 0 unspecified atom stereocenters. The zero-order valence-electron chi connectivity index (χ0n) is 12.0. The molecule has 112 valence electrons. The van der Waals surface area contributed by atoms with Gasteiger partial charge in [0.25, 0.3) is 0 Å². The molecule has 0 radical (unpaired) electrons. The van der Waals surface area contributed by atoms with Crippen molar-refractivity contribution < 1.29 is 4.79 Å². The highest BCUT2D eigenvalue weighted by Crippen LogP contribution is 2.30. The Morgan fingerprint density at radius 2 is 2.00 bits per heavy atom. The van der Waals surface area contributed by atoms with Gasteiger partial charge in [0.2, 0.25) is 5.91 Å². The van der Waals surface area contributed by atoms with E-state index in [0.29, 0.717) is 5.56 Å². The van der Waals surface area contributed by atoms with Crippen LogP contribution in [0.2, 0.25) is 0 Å². The number of carbonyl (C=O) groups is 1. The summed E-state index contributed by atoms with van der Waals surface area (Å²) in [7, 11) is 0. The fraction of sp³-hybridized carbons (Fsp3) is 0. The molecular weight excluding hydrogens is 308 g/mol. The fourth-order valence-corrected chi connectivity index (χ4v) is 3.36. The number of carbonyl (C=O) groups excluding carboxylic acids is 1. The fourth-order valence-electron chi connectivity index (χ4n) is 2.45. The van der Waals surface area contributed by atoms with E-state index in [4.69, 9.17) is 5.73 Å². The molecule has 2 heterocycles. The summed E-state index contributed by atoms with van der Waals surface area (Å²) in [6, 6.07) is 15.2. The zero-order chi connectivity index (χ0) is 15.8. The van der Waals surface area contributed by atoms with Gasteiger partial charge in [0.15, 0.2) is 5.13 Å². The summed E-state index contributed by atoms with van der Waals surface area (Å²) in [6.07, 6.45) is 1.77. The molecule has 0 aliphatic heterocycles. The molecule has 0 saturated carbocycles. The molecule has 0 fully saturated rings. The maximum absolute atomic E-state index is 11.3. The second kappa shape index (κ2) is 5.33. The van der Waals surface area contributed by atoms with Gasteiger partial charge >= 0.3 is 0 Å². The van der Waals surface area contributed by atoms with E-state index in [9.17, 15) is 4.79 Å². The first-order valence-corrected chi connectivity index (χ1v) is 7.83. The number of rotatable bonds is 3. The summed E-state index contributed by atoms with van der Waals surface area (Å²) in [5.74, 6) is 0.322. The molecule has 0 spiro atoms. The Hall–Kier alpha value is -2.99. The molecule has 23 heavy (non-hydrogen) atoms. The van der Waals surface area contributed by atoms with Gasteiger partial charge in [-0.25, -0.2) is 9.97 Å². The smallest absolute Gasteiger partial charge is 0.248 e. The van der Waals surface area contributed by atoms with Gasteiger partial charge in [-0.1, -0.05) is 35.6 Å². The van der Waals surface area contributed by atoms with Crippen LogP contribution >= 0.6 is 11.3 Å². The molecule has 2 aromatic carbocycles. The third-order valence-corrected chi connectivity index (χ3v) is 4.51. The van der Waals surface area contributed by atoms with Crippen LogP contribution in [0.15, 0.2) is 54.7 Å². The summed E-state index contributed by atoms with van der Waals surface area (Å²) < 4.78 is 0.907. The van der Waals surface area contributed by atoms with Crippen molar-refractivity contribution in [1.29, 1.82) is 0 Å². The molecule has 5 nitrogen and oxygen atoms in total. The van der Waals surface area contributed by atoms with E-state index in [1.54, 1.807) is 24.4 Å². The number of hydrogen-bond acceptors (Lipinski definition) is 5. The van der Waals surface area contributed by atoms with Crippen LogP contribution in [0.3, 0.4) is 0 Å². The van der Waals surface area contributed by atoms with Gasteiger partial charge in [-0.3, -0.25) is 4.79 Å². The first-order valence-electron chi connectivity index (χ1n) is 7.02. The largest absolute Gasteiger partial charge is 0.366 e. The monoisotopic (exact) mass is 320 g/mol. The molecule has 6 heteroatoms. The highest BCUT2D eigenvalue weighted by molar-refractivity contribution is 7.22. The Kier molecular flexibility index (Phi) is 3.17. The third kappa shape index (κ3) is 2.49. The Bertz CT molecular complexity index is 1040. The van der Waals surface area contributed by atoms with E-state index in [0.717, 1.165) is 31.9 Å². The highest BCUT2D eigenvalue weighted by atomic mass is 32.1. The van der Waals surface area contributed by atoms with Crippen molar-refractivity contribution in [2.24, 2.45) is 5.73 Å². The molecule has 2 aromatic heterocycles. The van der Waals surface area contributed by atoms with Crippen LogP contribution in [0.1, 0.15) is 10.4 Å². The van der Waals surface area contributed by atoms with E-state index >= 15 is 0 Å². The molecule has 0 bridgehead atoms. The quantitative estimate of drug-likeness (QED) is 0.603. The molecule has 0 atom stereocenters. The van der Waals surface area contributed by atoms with Gasteiger partial charge < -0.3 is 11.1 Å². The van der Waals surface area contributed by atoms with Crippen LogP contribution in [-0.2, 0) is 0 Å². The summed E-state index contributed by atoms with van der Waals surface area (Å²) in [6.45, 7) is 0. The molecule has 0 aliphatic rings. The number of hydrogen-bond donors (Lipinski definition) is 2. The normalized spacial score (nSPS) is 11.0. The number of nitrogens with two attached hydrogens (primary N) is 1. The van der Waals surface area contributed by atoms with Crippen LogP contribution in [0, 0.1) is 0 Å². The molecule has 4 aromatic rings. The van der Waals surface area contributed by atoms with E-state index < -0.39 is 5.91 Å². The minimum absolute atomic E-state index is 0.439. The molecule has 0 aliphatic carbocycles. The van der Waals surface area contributed by atoms with E-state index in [1.165, 1.54) is 11.3 Å². The molecule has 1 amide bonds. The van der Waals surface area contributed by atoms with Gasteiger partial charge in [-0.15, -0.1) is 0 Å². The minimum atomic E-state index is -0.439. The molecule has 0 saturated heterocycles. The maximum atomic E-state index is 11.3. The second-order valence-corrected chi connectivity index (χ2v) is 6.10. The summed E-state index contributed by atoms with van der Waals surface area (Å²) >= 11 is 1.46. The number of fused-ring (bicyclic) bond motifs is 2. The number of aromatic nitrogens is 2. The lowest BCUT2D eigenvalue weighted by atomic mass is 10.1. The minimum Gasteiger partial charge on any atom is -0.366 e. The van der Waals surface area contributed by atoms with Crippen LogP contribution < -0.4 is 11.1 Å². The second-order valence-electron chi connectivity index (χ2n) is 5.07. The average molecular weight is 320 g/mol. The van der Waals surface area contributed by atoms with Crippen molar-refractivity contribution in [2.75, 3.05) is 5.32 Å². The third-order valence-electron chi connectivity index (χ3n) is 3.57. The van der Waals surface area contributed by atoms with Crippen LogP contribution in [0.4, 0.5) is 10.9 Å². The number of primary amides is 1. The molecule has 3 N–H and O–H groups in total. The number of pyridine rings is 1. The summed E-state index contributed by atoms with van der Waals surface area (Å²) in [5, 5.41) is 6.14.